The number of anilines is 1. The highest BCUT2D eigenvalue weighted by atomic mass is 16.6. The summed E-state index contributed by atoms with van der Waals surface area (Å²) in [4.78, 5) is 12.0. The molecule has 0 amide bonds. The zero-order chi connectivity index (χ0) is 17.4. The van der Waals surface area contributed by atoms with Gasteiger partial charge in [-0.15, -0.1) is 0 Å². The number of hydrogen-bond donors (Lipinski definition) is 2. The number of aliphatic hydroxyl groups is 2. The molecule has 0 saturated heterocycles. The number of hydrogen-bond acceptors (Lipinski definition) is 6. The third-order valence-electron chi connectivity index (χ3n) is 3.41. The van der Waals surface area contributed by atoms with Gasteiger partial charge in [0.1, 0.15) is 18.5 Å². The van der Waals surface area contributed by atoms with Crippen molar-refractivity contribution in [1.29, 1.82) is 0 Å². The Morgan fingerprint density at radius 3 is 2.38 bits per heavy atom. The molecule has 0 aliphatic rings. The van der Waals surface area contributed by atoms with E-state index in [9.17, 15) is 20.3 Å². The van der Waals surface area contributed by atoms with Crippen LogP contribution in [0.5, 0.6) is 5.75 Å². The van der Waals surface area contributed by atoms with E-state index in [1.807, 2.05) is 35.2 Å². The van der Waals surface area contributed by atoms with Gasteiger partial charge in [-0.25, -0.2) is 0 Å². The second-order valence-corrected chi connectivity index (χ2v) is 5.22. The first kappa shape index (κ1) is 17.7. The first-order chi connectivity index (χ1) is 11.6. The van der Waals surface area contributed by atoms with Crippen LogP contribution in [0.25, 0.3) is 0 Å². The lowest BCUT2D eigenvalue weighted by Crippen LogP contribution is -2.37. The Hall–Kier alpha value is -2.64. The fourth-order valence-corrected chi connectivity index (χ4v) is 2.25. The molecule has 0 radical (unpaired) electrons. The number of aliphatic hydroxyl groups excluding tert-OH is 2. The average molecular weight is 332 g/mol. The Labute approximate surface area is 139 Å². The van der Waals surface area contributed by atoms with Crippen LogP contribution in [0.1, 0.15) is 0 Å². The monoisotopic (exact) mass is 332 g/mol. The Balaban J connectivity index is 1.89. The lowest BCUT2D eigenvalue weighted by molar-refractivity contribution is -0.384. The number of rotatable bonds is 9. The minimum atomic E-state index is -0.771. The highest BCUT2D eigenvalue weighted by Crippen LogP contribution is 2.18. The Bertz CT molecular complexity index is 633. The zero-order valence-corrected chi connectivity index (χ0v) is 13.1. The van der Waals surface area contributed by atoms with Crippen molar-refractivity contribution in [2.75, 3.05) is 31.2 Å². The molecule has 1 unspecified atom stereocenters. The maximum absolute atomic E-state index is 10.6. The van der Waals surface area contributed by atoms with Gasteiger partial charge in [0.05, 0.1) is 11.5 Å². The molecule has 2 N–H and O–H groups in total. The van der Waals surface area contributed by atoms with Crippen LogP contribution < -0.4 is 9.64 Å². The van der Waals surface area contributed by atoms with Crippen molar-refractivity contribution in [3.05, 3.63) is 64.7 Å². The summed E-state index contributed by atoms with van der Waals surface area (Å²) in [6.07, 6.45) is -0.771. The zero-order valence-electron chi connectivity index (χ0n) is 13.1. The van der Waals surface area contributed by atoms with Gasteiger partial charge in [0.15, 0.2) is 0 Å². The lowest BCUT2D eigenvalue weighted by atomic mass is 10.2. The van der Waals surface area contributed by atoms with Crippen molar-refractivity contribution in [3.63, 3.8) is 0 Å². The third-order valence-corrected chi connectivity index (χ3v) is 3.41. The van der Waals surface area contributed by atoms with E-state index in [0.29, 0.717) is 18.8 Å². The fourth-order valence-electron chi connectivity index (χ4n) is 2.25. The highest BCUT2D eigenvalue weighted by Gasteiger charge is 2.13. The molecular formula is C17H20N2O5. The summed E-state index contributed by atoms with van der Waals surface area (Å²) >= 11 is 0. The van der Waals surface area contributed by atoms with Gasteiger partial charge in [-0.3, -0.25) is 10.1 Å². The molecule has 2 rings (SSSR count). The van der Waals surface area contributed by atoms with Crippen LogP contribution >= 0.6 is 0 Å². The van der Waals surface area contributed by atoms with Gasteiger partial charge in [0, 0.05) is 30.9 Å². The summed E-state index contributed by atoms with van der Waals surface area (Å²) < 4.78 is 5.46. The number of para-hydroxylation sites is 1. The summed E-state index contributed by atoms with van der Waals surface area (Å²) in [5.74, 6) is 0.452. The van der Waals surface area contributed by atoms with E-state index >= 15 is 0 Å². The minimum absolute atomic E-state index is 0.0129. The molecule has 0 fully saturated rings. The molecule has 7 heteroatoms. The van der Waals surface area contributed by atoms with Crippen molar-refractivity contribution < 1.29 is 19.9 Å². The van der Waals surface area contributed by atoms with Crippen LogP contribution in [-0.4, -0.2) is 47.5 Å². The molecular weight excluding hydrogens is 312 g/mol. The van der Waals surface area contributed by atoms with E-state index in [-0.39, 0.29) is 18.9 Å². The van der Waals surface area contributed by atoms with Crippen LogP contribution in [0.15, 0.2) is 54.6 Å². The largest absolute Gasteiger partial charge is 0.491 e. The van der Waals surface area contributed by atoms with Gasteiger partial charge in [-0.05, 0) is 24.3 Å². The van der Waals surface area contributed by atoms with E-state index in [4.69, 9.17) is 4.74 Å². The fraction of sp³-hybridized carbons (Fsp3) is 0.294. The molecule has 7 nitrogen and oxygen atoms in total. The molecule has 0 heterocycles. The first-order valence-corrected chi connectivity index (χ1v) is 7.56. The summed E-state index contributed by atoms with van der Waals surface area (Å²) in [6, 6.07) is 15.2. The number of nitrogens with zero attached hydrogens (tertiary/aromatic N) is 2. The molecule has 0 saturated carbocycles. The quantitative estimate of drug-likeness (QED) is 0.537. The van der Waals surface area contributed by atoms with Gasteiger partial charge in [0.25, 0.3) is 5.69 Å². The van der Waals surface area contributed by atoms with E-state index in [1.165, 1.54) is 24.3 Å². The second-order valence-electron chi connectivity index (χ2n) is 5.22. The van der Waals surface area contributed by atoms with Crippen LogP contribution in [0.4, 0.5) is 11.4 Å². The molecule has 128 valence electrons. The summed E-state index contributed by atoms with van der Waals surface area (Å²) in [5, 5.41) is 29.9. The van der Waals surface area contributed by atoms with Gasteiger partial charge in [0.2, 0.25) is 0 Å². The van der Waals surface area contributed by atoms with Gasteiger partial charge in [-0.1, -0.05) is 18.2 Å². The van der Waals surface area contributed by atoms with Crippen molar-refractivity contribution in [1.82, 2.24) is 0 Å². The number of non-ortho nitro benzene ring substituents is 1. The number of benzene rings is 2. The maximum atomic E-state index is 10.6. The van der Waals surface area contributed by atoms with E-state index in [0.717, 1.165) is 5.69 Å². The Morgan fingerprint density at radius 1 is 1.12 bits per heavy atom. The van der Waals surface area contributed by atoms with Crippen LogP contribution in [-0.2, 0) is 0 Å². The van der Waals surface area contributed by atoms with Crippen LogP contribution in [0.3, 0.4) is 0 Å². The smallest absolute Gasteiger partial charge is 0.269 e. The molecule has 2 aromatic rings. The predicted octanol–water partition coefficient (Wildman–Crippen LogP) is 1.83. The van der Waals surface area contributed by atoms with E-state index in [2.05, 4.69) is 0 Å². The molecule has 24 heavy (non-hydrogen) atoms. The van der Waals surface area contributed by atoms with Gasteiger partial charge >= 0.3 is 0 Å². The topological polar surface area (TPSA) is 96.1 Å². The average Bonchev–Trinajstić information content (AvgIpc) is 2.60. The van der Waals surface area contributed by atoms with Gasteiger partial charge in [-0.2, -0.15) is 0 Å². The van der Waals surface area contributed by atoms with E-state index < -0.39 is 11.0 Å². The van der Waals surface area contributed by atoms with Crippen molar-refractivity contribution in [2.45, 2.75) is 6.10 Å². The van der Waals surface area contributed by atoms with Crippen LogP contribution in [0, 0.1) is 10.1 Å². The lowest BCUT2D eigenvalue weighted by Gasteiger charge is -2.26. The van der Waals surface area contributed by atoms with Crippen molar-refractivity contribution in [2.24, 2.45) is 0 Å². The van der Waals surface area contributed by atoms with Crippen molar-refractivity contribution in [3.8, 4) is 5.75 Å². The number of nitro benzene ring substituents is 1. The molecule has 0 spiro atoms. The van der Waals surface area contributed by atoms with Crippen molar-refractivity contribution >= 4 is 11.4 Å². The summed E-state index contributed by atoms with van der Waals surface area (Å²) in [7, 11) is 0. The SMILES string of the molecule is O=[N+]([O-])c1ccc(OCC(O)CN(CCO)c2ccccc2)cc1. The number of ether oxygens (including phenoxy) is 1. The Kier molecular flexibility index (Phi) is 6.53. The first-order valence-electron chi connectivity index (χ1n) is 7.56. The number of nitro groups is 1. The summed E-state index contributed by atoms with van der Waals surface area (Å²) in [5.41, 5.74) is 0.891. The molecule has 0 aliphatic heterocycles. The molecule has 1 atom stereocenters. The van der Waals surface area contributed by atoms with E-state index in [1.54, 1.807) is 0 Å². The molecule has 0 aromatic heterocycles. The molecule has 0 bridgehead atoms. The minimum Gasteiger partial charge on any atom is -0.491 e. The normalized spacial score (nSPS) is 11.8. The maximum Gasteiger partial charge on any atom is 0.269 e. The second kappa shape index (κ2) is 8.85. The Morgan fingerprint density at radius 2 is 1.79 bits per heavy atom. The summed E-state index contributed by atoms with van der Waals surface area (Å²) in [6.45, 7) is 0.730. The molecule has 0 aliphatic carbocycles. The van der Waals surface area contributed by atoms with Gasteiger partial charge < -0.3 is 19.8 Å². The third kappa shape index (κ3) is 5.22. The predicted molar refractivity (Wildman–Crippen MR) is 90.3 cm³/mol. The highest BCUT2D eigenvalue weighted by molar-refractivity contribution is 5.46. The standard InChI is InChI=1S/C17H20N2O5/c20-11-10-18(14-4-2-1-3-5-14)12-16(21)13-24-17-8-6-15(7-9-17)19(22)23/h1-9,16,20-21H,10-13H2. The molecule has 2 aromatic carbocycles. The van der Waals surface area contributed by atoms with Crippen LogP contribution in [0.2, 0.25) is 0 Å².